The van der Waals surface area contributed by atoms with Gasteiger partial charge in [0.1, 0.15) is 5.75 Å². The largest absolute Gasteiger partial charge is 0.497 e. The summed E-state index contributed by atoms with van der Waals surface area (Å²) in [4.78, 5) is 13.6. The Bertz CT molecular complexity index is 691. The van der Waals surface area contributed by atoms with Crippen LogP contribution in [0.25, 0.3) is 5.57 Å². The highest BCUT2D eigenvalue weighted by Crippen LogP contribution is 2.39. The van der Waals surface area contributed by atoms with Crippen molar-refractivity contribution >= 4 is 22.7 Å². The van der Waals surface area contributed by atoms with Crippen LogP contribution in [0.3, 0.4) is 0 Å². The predicted molar refractivity (Wildman–Crippen MR) is 82.1 cm³/mol. The van der Waals surface area contributed by atoms with Crippen LogP contribution < -0.4 is 10.1 Å². The molecule has 1 aliphatic heterocycles. The number of thiophene rings is 1. The zero-order chi connectivity index (χ0) is 14.8. The van der Waals surface area contributed by atoms with Gasteiger partial charge in [0.05, 0.1) is 17.6 Å². The molecule has 0 radical (unpaired) electrons. The number of hydrogen-bond donors (Lipinski definition) is 1. The quantitative estimate of drug-likeness (QED) is 0.943. The molecule has 1 unspecified atom stereocenters. The molecule has 1 atom stereocenters. The van der Waals surface area contributed by atoms with Gasteiger partial charge in [0.25, 0.3) is 0 Å². The zero-order valence-electron chi connectivity index (χ0n) is 11.8. The first kappa shape index (κ1) is 13.7. The van der Waals surface area contributed by atoms with Crippen LogP contribution in [-0.2, 0) is 9.53 Å². The molecule has 0 saturated carbocycles. The summed E-state index contributed by atoms with van der Waals surface area (Å²) in [7, 11) is 3.35. The third kappa shape index (κ3) is 2.40. The van der Waals surface area contributed by atoms with Crippen molar-refractivity contribution in [3.8, 4) is 5.75 Å². The molecule has 0 fully saturated rings. The number of carbonyl (C=O) groups excluding carboxylic acids is 1. The van der Waals surface area contributed by atoms with E-state index in [4.69, 9.17) is 9.47 Å². The van der Waals surface area contributed by atoms with Gasteiger partial charge in [-0.25, -0.2) is 0 Å². The summed E-state index contributed by atoms with van der Waals surface area (Å²) in [5.41, 5.74) is 1.36. The highest BCUT2D eigenvalue weighted by Gasteiger charge is 2.37. The van der Waals surface area contributed by atoms with Gasteiger partial charge in [-0.15, -0.1) is 11.3 Å². The molecule has 108 valence electrons. The van der Waals surface area contributed by atoms with Crippen LogP contribution in [0, 0.1) is 0 Å². The van der Waals surface area contributed by atoms with Crippen molar-refractivity contribution in [1.29, 1.82) is 0 Å². The van der Waals surface area contributed by atoms with Crippen molar-refractivity contribution in [2.24, 2.45) is 0 Å². The Morgan fingerprint density at radius 1 is 1.29 bits per heavy atom. The molecule has 5 heteroatoms. The lowest BCUT2D eigenvalue weighted by molar-refractivity contribution is -0.120. The van der Waals surface area contributed by atoms with E-state index in [2.05, 4.69) is 5.32 Å². The van der Waals surface area contributed by atoms with Gasteiger partial charge in [0, 0.05) is 7.05 Å². The lowest BCUT2D eigenvalue weighted by atomic mass is 10.00. The van der Waals surface area contributed by atoms with Gasteiger partial charge in [0.15, 0.2) is 12.0 Å². The van der Waals surface area contributed by atoms with Crippen molar-refractivity contribution in [3.05, 3.63) is 58.1 Å². The van der Waals surface area contributed by atoms with Crippen LogP contribution in [0.4, 0.5) is 0 Å². The molecule has 0 spiro atoms. The van der Waals surface area contributed by atoms with Crippen LogP contribution in [-0.4, -0.2) is 19.9 Å². The first-order valence-electron chi connectivity index (χ1n) is 6.55. The summed E-state index contributed by atoms with van der Waals surface area (Å²) in [5.74, 6) is 1.18. The van der Waals surface area contributed by atoms with Gasteiger partial charge in [-0.05, 0) is 29.1 Å². The molecule has 4 nitrogen and oxygen atoms in total. The van der Waals surface area contributed by atoms with E-state index in [1.54, 1.807) is 14.2 Å². The molecular formula is C16H15NO3S. The fourth-order valence-electron chi connectivity index (χ4n) is 2.34. The standard InChI is InChI=1S/C16H15NO3S/c1-17-16-13(10-5-3-6-11(9-10)19-2)14(18)15(20-16)12-7-4-8-21-12/h3-9,15,17H,1-2H3. The molecule has 2 heterocycles. The molecule has 1 N–H and O–H groups in total. The molecule has 0 bridgehead atoms. The second-order valence-electron chi connectivity index (χ2n) is 4.56. The first-order chi connectivity index (χ1) is 10.2. The lowest BCUT2D eigenvalue weighted by Crippen LogP contribution is -2.08. The summed E-state index contributed by atoms with van der Waals surface area (Å²) in [5, 5.41) is 4.91. The Balaban J connectivity index is 2.01. The summed E-state index contributed by atoms with van der Waals surface area (Å²) in [6.07, 6.45) is -0.561. The van der Waals surface area contributed by atoms with Crippen molar-refractivity contribution < 1.29 is 14.3 Å². The third-order valence-electron chi connectivity index (χ3n) is 3.33. The van der Waals surface area contributed by atoms with E-state index in [1.165, 1.54) is 11.3 Å². The number of Topliss-reactive ketones (excluding diaryl/α,β-unsaturated/α-hetero) is 1. The lowest BCUT2D eigenvalue weighted by Gasteiger charge is -2.08. The number of hydrogen-bond acceptors (Lipinski definition) is 5. The highest BCUT2D eigenvalue weighted by atomic mass is 32.1. The zero-order valence-corrected chi connectivity index (χ0v) is 12.6. The van der Waals surface area contributed by atoms with Gasteiger partial charge in [-0.2, -0.15) is 0 Å². The summed E-state index contributed by atoms with van der Waals surface area (Å²) in [6.45, 7) is 0. The average molecular weight is 301 g/mol. The Kier molecular flexibility index (Phi) is 3.66. The molecule has 21 heavy (non-hydrogen) atoms. The maximum Gasteiger partial charge on any atom is 0.214 e. The average Bonchev–Trinajstić information content (AvgIpc) is 3.14. The van der Waals surface area contributed by atoms with Crippen molar-refractivity contribution in [2.45, 2.75) is 6.10 Å². The first-order valence-corrected chi connectivity index (χ1v) is 7.43. The monoisotopic (exact) mass is 301 g/mol. The van der Waals surface area contributed by atoms with E-state index >= 15 is 0 Å². The van der Waals surface area contributed by atoms with Gasteiger partial charge >= 0.3 is 0 Å². The van der Waals surface area contributed by atoms with E-state index in [1.807, 2.05) is 41.8 Å². The second-order valence-corrected chi connectivity index (χ2v) is 5.54. The van der Waals surface area contributed by atoms with Crippen molar-refractivity contribution in [1.82, 2.24) is 5.32 Å². The maximum absolute atomic E-state index is 12.7. The number of rotatable bonds is 4. The van der Waals surface area contributed by atoms with Crippen LogP contribution in [0.5, 0.6) is 5.75 Å². The van der Waals surface area contributed by atoms with E-state index in [9.17, 15) is 4.79 Å². The predicted octanol–water partition coefficient (Wildman–Crippen LogP) is 2.99. The highest BCUT2D eigenvalue weighted by molar-refractivity contribution is 7.10. The van der Waals surface area contributed by atoms with Gasteiger partial charge in [-0.3, -0.25) is 4.79 Å². The summed E-state index contributed by atoms with van der Waals surface area (Å²) in [6, 6.07) is 11.3. The Morgan fingerprint density at radius 2 is 2.14 bits per heavy atom. The molecule has 1 aromatic carbocycles. The molecule has 0 amide bonds. The molecule has 1 aromatic heterocycles. The van der Waals surface area contributed by atoms with E-state index in [0.29, 0.717) is 17.2 Å². The molecule has 1 aliphatic rings. The molecule has 0 aliphatic carbocycles. The van der Waals surface area contributed by atoms with Crippen LogP contribution in [0.15, 0.2) is 47.7 Å². The minimum absolute atomic E-state index is 0.0324. The number of nitrogens with one attached hydrogen (secondary N) is 1. The number of benzene rings is 1. The number of ketones is 1. The van der Waals surface area contributed by atoms with E-state index < -0.39 is 6.10 Å². The van der Waals surface area contributed by atoms with Crippen LogP contribution >= 0.6 is 11.3 Å². The van der Waals surface area contributed by atoms with Crippen molar-refractivity contribution in [2.75, 3.05) is 14.2 Å². The summed E-state index contributed by atoms with van der Waals surface area (Å²) >= 11 is 1.52. The topological polar surface area (TPSA) is 47.6 Å². The van der Waals surface area contributed by atoms with Crippen molar-refractivity contribution in [3.63, 3.8) is 0 Å². The van der Waals surface area contributed by atoms with Crippen LogP contribution in [0.1, 0.15) is 16.5 Å². The third-order valence-corrected chi connectivity index (χ3v) is 4.25. The van der Waals surface area contributed by atoms with E-state index in [0.717, 1.165) is 10.4 Å². The van der Waals surface area contributed by atoms with Gasteiger partial charge in [0.2, 0.25) is 5.78 Å². The molecule has 0 saturated heterocycles. The fourth-order valence-corrected chi connectivity index (χ4v) is 3.09. The Morgan fingerprint density at radius 3 is 2.81 bits per heavy atom. The second kappa shape index (κ2) is 5.61. The van der Waals surface area contributed by atoms with E-state index in [-0.39, 0.29) is 5.78 Å². The molecule has 3 rings (SSSR count). The molecular weight excluding hydrogens is 286 g/mol. The van der Waals surface area contributed by atoms with Crippen LogP contribution in [0.2, 0.25) is 0 Å². The Hall–Kier alpha value is -2.27. The Labute approximate surface area is 127 Å². The SMILES string of the molecule is CNC1=C(c2cccc(OC)c2)C(=O)C(c2cccs2)O1. The number of methoxy groups -OCH3 is 1. The fraction of sp³-hybridized carbons (Fsp3) is 0.188. The number of carbonyl (C=O) groups is 1. The molecule has 2 aromatic rings. The minimum Gasteiger partial charge on any atom is -0.497 e. The minimum atomic E-state index is -0.561. The summed E-state index contributed by atoms with van der Waals surface area (Å²) < 4.78 is 11.0. The smallest absolute Gasteiger partial charge is 0.214 e. The van der Waals surface area contributed by atoms with Gasteiger partial charge < -0.3 is 14.8 Å². The van der Waals surface area contributed by atoms with Gasteiger partial charge in [-0.1, -0.05) is 18.2 Å². The maximum atomic E-state index is 12.7. The number of ether oxygens (including phenoxy) is 2. The normalized spacial score (nSPS) is 17.8.